The highest BCUT2D eigenvalue weighted by atomic mass is 32.1. The first-order valence-corrected chi connectivity index (χ1v) is 19.6. The second kappa shape index (κ2) is 20.6. The molecule has 284 valence electrons. The van der Waals surface area contributed by atoms with Gasteiger partial charge in [0, 0.05) is 37.5 Å². The lowest BCUT2D eigenvalue weighted by Crippen LogP contribution is -2.58. The van der Waals surface area contributed by atoms with Gasteiger partial charge in [-0.2, -0.15) is 0 Å². The fourth-order valence-corrected chi connectivity index (χ4v) is 8.00. The Kier molecular flexibility index (Phi) is 17.0. The summed E-state index contributed by atoms with van der Waals surface area (Å²) < 4.78 is 6.21. The van der Waals surface area contributed by atoms with E-state index in [0.717, 1.165) is 44.2 Å². The van der Waals surface area contributed by atoms with Gasteiger partial charge in [-0.3, -0.25) is 24.1 Å². The largest absolute Gasteiger partial charge is 0.481 e. The van der Waals surface area contributed by atoms with Gasteiger partial charge in [0.25, 0.3) is 5.91 Å². The van der Waals surface area contributed by atoms with Crippen LogP contribution in [0.1, 0.15) is 114 Å². The van der Waals surface area contributed by atoms with Crippen LogP contribution >= 0.6 is 11.3 Å². The van der Waals surface area contributed by atoms with Crippen LogP contribution < -0.4 is 10.6 Å². The van der Waals surface area contributed by atoms with Crippen molar-refractivity contribution in [3.8, 4) is 0 Å². The maximum atomic E-state index is 14.3. The van der Waals surface area contributed by atoms with E-state index in [1.165, 1.54) is 11.3 Å². The third kappa shape index (κ3) is 12.1. The molecule has 1 saturated heterocycles. The minimum atomic E-state index is -0.911. The maximum Gasteiger partial charge on any atom is 0.306 e. The predicted molar refractivity (Wildman–Crippen MR) is 202 cm³/mol. The molecule has 2 heterocycles. The quantitative estimate of drug-likeness (QED) is 0.152. The Morgan fingerprint density at radius 1 is 1.04 bits per heavy atom. The molecule has 3 N–H and O–H groups in total. The molecule has 0 saturated carbocycles. The number of carbonyl (C=O) groups is 4. The lowest BCUT2D eigenvalue weighted by molar-refractivity contribution is -0.142. The monoisotopic (exact) mass is 727 g/mol. The number of likely N-dealkylation sites (tertiary alicyclic amines) is 1. The van der Waals surface area contributed by atoms with Gasteiger partial charge in [-0.25, -0.2) is 4.98 Å². The Hall–Kier alpha value is -3.35. The Morgan fingerprint density at radius 2 is 1.73 bits per heavy atom. The fourth-order valence-electron chi connectivity index (χ4n) is 7.14. The minimum Gasteiger partial charge on any atom is -0.481 e. The first-order valence-electron chi connectivity index (χ1n) is 18.7. The number of hydrogen-bond donors (Lipinski definition) is 3. The Morgan fingerprint density at radius 3 is 2.31 bits per heavy atom. The van der Waals surface area contributed by atoms with Crippen molar-refractivity contribution in [3.05, 3.63) is 52.0 Å². The van der Waals surface area contributed by atoms with Crippen LogP contribution in [0.15, 0.2) is 35.7 Å². The third-order valence-electron chi connectivity index (χ3n) is 10.3. The smallest absolute Gasteiger partial charge is 0.306 e. The van der Waals surface area contributed by atoms with E-state index in [-0.39, 0.29) is 53.8 Å². The zero-order valence-corrected chi connectivity index (χ0v) is 32.7. The number of likely N-dealkylation sites (N-methyl/N-ethyl adjacent to an activating group) is 2. The lowest BCUT2D eigenvalue weighted by Gasteiger charge is -2.38. The molecule has 1 fully saturated rings. The van der Waals surface area contributed by atoms with Crippen molar-refractivity contribution in [2.75, 3.05) is 27.2 Å². The van der Waals surface area contributed by atoms with Crippen molar-refractivity contribution >= 4 is 35.0 Å². The van der Waals surface area contributed by atoms with Crippen LogP contribution in [0, 0.1) is 17.8 Å². The number of rotatable bonds is 20. The van der Waals surface area contributed by atoms with Crippen LogP contribution in [0.25, 0.3) is 0 Å². The topological polar surface area (TPSA) is 141 Å². The first kappa shape index (κ1) is 42.1. The number of thiazole rings is 1. The lowest BCUT2D eigenvalue weighted by atomic mass is 9.90. The van der Waals surface area contributed by atoms with E-state index in [9.17, 15) is 24.3 Å². The number of aliphatic carboxylic acids is 1. The van der Waals surface area contributed by atoms with E-state index in [4.69, 9.17) is 9.72 Å². The summed E-state index contributed by atoms with van der Waals surface area (Å²) in [7, 11) is 3.79. The number of nitrogens with one attached hydrogen (secondary N) is 2. The van der Waals surface area contributed by atoms with Gasteiger partial charge in [0.05, 0.1) is 12.0 Å². The Labute approximate surface area is 308 Å². The number of carboxylic acid groups (broad SMARTS) is 1. The van der Waals surface area contributed by atoms with Crippen molar-refractivity contribution in [3.63, 3.8) is 0 Å². The molecule has 2 aromatic rings. The number of carbonyl (C=O) groups excluding carboxylic acids is 3. The molecule has 1 aromatic heterocycles. The molecule has 1 aromatic carbocycles. The molecule has 0 unspecified atom stereocenters. The van der Waals surface area contributed by atoms with E-state index < -0.39 is 30.1 Å². The maximum absolute atomic E-state index is 14.3. The first-order chi connectivity index (χ1) is 24.3. The fraction of sp³-hybridized carbons (Fsp3) is 0.667. The van der Waals surface area contributed by atoms with Crippen molar-refractivity contribution < 1.29 is 29.0 Å². The SMILES string of the molecule is CCO[C@H](C[C@H](C(C)C)N(C)C(=O)[C@@H](NC(=O)[C@H]1CCCCN1C)C(CC)CC)c1nc(C(=O)N[C@@H](Cc2ccccc2)C[C@H](C)C(=O)O)cs1. The summed E-state index contributed by atoms with van der Waals surface area (Å²) in [6.07, 6.45) is 5.16. The van der Waals surface area contributed by atoms with Gasteiger partial charge in [0.15, 0.2) is 0 Å². The highest BCUT2D eigenvalue weighted by Crippen LogP contribution is 2.31. The molecule has 51 heavy (non-hydrogen) atoms. The molecular formula is C39H61N5O6S. The van der Waals surface area contributed by atoms with E-state index in [0.29, 0.717) is 24.5 Å². The van der Waals surface area contributed by atoms with Gasteiger partial charge in [0.2, 0.25) is 11.8 Å². The number of piperidine rings is 1. The van der Waals surface area contributed by atoms with Crippen LogP contribution in [0.4, 0.5) is 0 Å². The number of ether oxygens (including phenoxy) is 1. The Balaban J connectivity index is 1.79. The van der Waals surface area contributed by atoms with E-state index in [1.54, 1.807) is 17.2 Å². The van der Waals surface area contributed by atoms with Gasteiger partial charge in [-0.05, 0) is 63.6 Å². The minimum absolute atomic E-state index is 0.00228. The number of benzene rings is 1. The number of nitrogens with zero attached hydrogens (tertiary/aromatic N) is 3. The van der Waals surface area contributed by atoms with Crippen molar-refractivity contribution in [1.29, 1.82) is 0 Å². The van der Waals surface area contributed by atoms with Crippen LogP contribution in [-0.2, 0) is 25.5 Å². The molecule has 6 atom stereocenters. The number of aromatic nitrogens is 1. The highest BCUT2D eigenvalue weighted by Gasteiger charge is 2.37. The number of hydrogen-bond acceptors (Lipinski definition) is 8. The average Bonchev–Trinajstić information content (AvgIpc) is 3.60. The standard InChI is InChI=1S/C39H61N5O6S/c1-9-28(10-2)34(42-36(46)31-19-15-16-20-43(31)7)38(47)44(8)32(25(4)5)23-33(50-11-3)37-41-30(24-51-37)35(45)40-29(21-26(6)39(48)49)22-27-17-13-12-14-18-27/h12-14,17-18,24-26,28-29,31-34H,9-11,15-16,19-23H2,1-8H3,(H,40,45)(H,42,46)(H,48,49)/t26-,29+,31+,32+,33+,34-/m0/s1. The summed E-state index contributed by atoms with van der Waals surface area (Å²) >= 11 is 1.34. The molecule has 0 aliphatic carbocycles. The van der Waals surface area contributed by atoms with E-state index in [2.05, 4.69) is 43.2 Å². The second-order valence-corrected chi connectivity index (χ2v) is 15.3. The number of carboxylic acids is 1. The summed E-state index contributed by atoms with van der Waals surface area (Å²) in [4.78, 5) is 61.6. The summed E-state index contributed by atoms with van der Waals surface area (Å²) in [6.45, 7) is 13.1. The summed E-state index contributed by atoms with van der Waals surface area (Å²) in [5, 5.41) is 18.1. The van der Waals surface area contributed by atoms with Crippen LogP contribution in [0.2, 0.25) is 0 Å². The normalized spacial score (nSPS) is 18.1. The molecule has 1 aliphatic rings. The van der Waals surface area contributed by atoms with Gasteiger partial charge in [-0.15, -0.1) is 11.3 Å². The predicted octanol–water partition coefficient (Wildman–Crippen LogP) is 5.95. The summed E-state index contributed by atoms with van der Waals surface area (Å²) in [6, 6.07) is 8.18. The van der Waals surface area contributed by atoms with Crippen LogP contribution in [0.5, 0.6) is 0 Å². The molecule has 0 bridgehead atoms. The molecule has 0 spiro atoms. The van der Waals surface area contributed by atoms with Gasteiger partial charge in [-0.1, -0.05) is 84.2 Å². The molecule has 0 radical (unpaired) electrons. The van der Waals surface area contributed by atoms with Crippen LogP contribution in [-0.4, -0.2) is 95.0 Å². The van der Waals surface area contributed by atoms with Gasteiger partial charge >= 0.3 is 5.97 Å². The third-order valence-corrected chi connectivity index (χ3v) is 11.3. The molecule has 1 aliphatic heterocycles. The van der Waals surface area contributed by atoms with Crippen LogP contribution in [0.3, 0.4) is 0 Å². The molecule has 12 heteroatoms. The second-order valence-electron chi connectivity index (χ2n) is 14.4. The zero-order valence-electron chi connectivity index (χ0n) is 31.9. The van der Waals surface area contributed by atoms with Gasteiger partial charge < -0.3 is 25.4 Å². The Bertz CT molecular complexity index is 1400. The van der Waals surface area contributed by atoms with E-state index >= 15 is 0 Å². The van der Waals surface area contributed by atoms with Crippen molar-refractivity contribution in [2.45, 2.75) is 123 Å². The zero-order chi connectivity index (χ0) is 37.7. The van der Waals surface area contributed by atoms with Gasteiger partial charge in [0.1, 0.15) is 22.8 Å². The average molecular weight is 728 g/mol. The molecule has 11 nitrogen and oxygen atoms in total. The highest BCUT2D eigenvalue weighted by molar-refractivity contribution is 7.09. The molecule has 3 rings (SSSR count). The number of amides is 3. The molecule has 3 amide bonds. The summed E-state index contributed by atoms with van der Waals surface area (Å²) in [5.74, 6) is -2.03. The van der Waals surface area contributed by atoms with Crippen molar-refractivity contribution in [1.82, 2.24) is 25.4 Å². The van der Waals surface area contributed by atoms with Crippen molar-refractivity contribution in [2.24, 2.45) is 17.8 Å². The molecular weight excluding hydrogens is 667 g/mol. The summed E-state index contributed by atoms with van der Waals surface area (Å²) in [5.41, 5.74) is 1.25. The van der Waals surface area contributed by atoms with E-state index in [1.807, 2.05) is 51.4 Å².